The Kier molecular flexibility index (Phi) is 5.39. The summed E-state index contributed by atoms with van der Waals surface area (Å²) in [7, 11) is 0. The molecule has 2 aliphatic rings. The van der Waals surface area contributed by atoms with E-state index in [-0.39, 0.29) is 17.9 Å². The van der Waals surface area contributed by atoms with E-state index in [1.54, 1.807) is 6.20 Å². The van der Waals surface area contributed by atoms with E-state index in [1.807, 2.05) is 54.8 Å². The van der Waals surface area contributed by atoms with E-state index in [1.165, 1.54) is 33.8 Å². The number of pyridine rings is 1. The second kappa shape index (κ2) is 8.36. The zero-order valence-electron chi connectivity index (χ0n) is 17.9. The quantitative estimate of drug-likeness (QED) is 0.351. The Morgan fingerprint density at radius 2 is 1.94 bits per heavy atom. The van der Waals surface area contributed by atoms with Crippen LogP contribution in [0.4, 0.5) is 0 Å². The Hall–Kier alpha value is -3.25. The number of rotatable bonds is 4. The molecular weight excluding hydrogens is 420 g/mol. The summed E-state index contributed by atoms with van der Waals surface area (Å²) in [4.78, 5) is 33.1. The number of hydrogen-bond acceptors (Lipinski definition) is 5. The smallest absolute Gasteiger partial charge is 0.296 e. The van der Waals surface area contributed by atoms with Crippen LogP contribution in [0, 0.1) is 6.92 Å². The molecule has 1 atom stereocenters. The molecule has 1 amide bonds. The number of aromatic nitrogens is 1. The first-order valence-corrected chi connectivity index (χ1v) is 11.8. The second-order valence-electron chi connectivity index (χ2n) is 8.41. The van der Waals surface area contributed by atoms with Crippen LogP contribution in [0.25, 0.3) is 5.76 Å². The molecule has 0 spiro atoms. The molecule has 1 unspecified atom stereocenters. The van der Waals surface area contributed by atoms with Gasteiger partial charge in [0.25, 0.3) is 11.7 Å². The molecule has 2 aromatic heterocycles. The van der Waals surface area contributed by atoms with E-state index >= 15 is 0 Å². The van der Waals surface area contributed by atoms with Crippen molar-refractivity contribution in [1.82, 2.24) is 9.88 Å². The van der Waals surface area contributed by atoms with Gasteiger partial charge >= 0.3 is 0 Å². The van der Waals surface area contributed by atoms with Gasteiger partial charge in [0.05, 0.1) is 17.8 Å². The van der Waals surface area contributed by atoms with E-state index in [9.17, 15) is 14.7 Å². The van der Waals surface area contributed by atoms with Crippen molar-refractivity contribution in [2.24, 2.45) is 0 Å². The van der Waals surface area contributed by atoms with Crippen molar-refractivity contribution < 1.29 is 14.7 Å². The van der Waals surface area contributed by atoms with Crippen molar-refractivity contribution in [3.63, 3.8) is 0 Å². The Morgan fingerprint density at radius 1 is 1.12 bits per heavy atom. The van der Waals surface area contributed by atoms with Gasteiger partial charge in [0.1, 0.15) is 11.8 Å². The zero-order chi connectivity index (χ0) is 22.2. The Morgan fingerprint density at radius 3 is 2.66 bits per heavy atom. The first-order chi connectivity index (χ1) is 15.5. The summed E-state index contributed by atoms with van der Waals surface area (Å²) in [6.07, 6.45) is 5.98. The van der Waals surface area contributed by atoms with Gasteiger partial charge in [-0.3, -0.25) is 14.6 Å². The van der Waals surface area contributed by atoms with Gasteiger partial charge in [-0.1, -0.05) is 18.2 Å². The number of carbonyl (C=O) groups excluding carboxylic acids is 2. The van der Waals surface area contributed by atoms with Crippen LogP contribution < -0.4 is 0 Å². The summed E-state index contributed by atoms with van der Waals surface area (Å²) in [5, 5.41) is 13.3. The molecule has 1 aromatic carbocycles. The molecule has 0 radical (unpaired) electrons. The van der Waals surface area contributed by atoms with Crippen molar-refractivity contribution >= 4 is 28.8 Å². The summed E-state index contributed by atoms with van der Waals surface area (Å²) in [5.41, 5.74) is 4.96. The number of aliphatic hydroxyl groups excluding tert-OH is 1. The summed E-state index contributed by atoms with van der Waals surface area (Å²) in [5.74, 6) is -1.35. The van der Waals surface area contributed by atoms with Crippen LogP contribution >= 0.6 is 11.3 Å². The predicted octanol–water partition coefficient (Wildman–Crippen LogP) is 4.95. The molecule has 3 aromatic rings. The number of nitrogens with zero attached hydrogens (tertiary/aromatic N) is 2. The van der Waals surface area contributed by atoms with Crippen molar-refractivity contribution in [1.29, 1.82) is 0 Å². The lowest BCUT2D eigenvalue weighted by molar-refractivity contribution is -0.140. The number of carbonyl (C=O) groups is 2. The fourth-order valence-corrected chi connectivity index (χ4v) is 5.73. The fraction of sp³-hybridized carbons (Fsp3) is 0.269. The number of aliphatic hydroxyl groups is 1. The lowest BCUT2D eigenvalue weighted by atomic mass is 9.89. The number of thiophene rings is 1. The first kappa shape index (κ1) is 20.6. The molecular formula is C26H24N2O3S. The van der Waals surface area contributed by atoms with Crippen LogP contribution in [-0.4, -0.2) is 26.7 Å². The molecule has 5 rings (SSSR count). The average Bonchev–Trinajstić information content (AvgIpc) is 3.34. The summed E-state index contributed by atoms with van der Waals surface area (Å²) in [6.45, 7) is 2.17. The van der Waals surface area contributed by atoms with E-state index < -0.39 is 17.7 Å². The largest absolute Gasteiger partial charge is 0.507 e. The van der Waals surface area contributed by atoms with Gasteiger partial charge < -0.3 is 10.0 Å². The monoisotopic (exact) mass is 444 g/mol. The van der Waals surface area contributed by atoms with Gasteiger partial charge in [0, 0.05) is 16.6 Å². The fourth-order valence-electron chi connectivity index (χ4n) is 4.68. The highest BCUT2D eigenvalue weighted by Crippen LogP contribution is 2.43. The maximum absolute atomic E-state index is 13.2. The van der Waals surface area contributed by atoms with Crippen LogP contribution in [0.5, 0.6) is 0 Å². The highest BCUT2D eigenvalue weighted by atomic mass is 32.1. The van der Waals surface area contributed by atoms with Gasteiger partial charge in [-0.05, 0) is 78.9 Å². The second-order valence-corrected chi connectivity index (χ2v) is 9.35. The third-order valence-electron chi connectivity index (χ3n) is 6.37. The summed E-state index contributed by atoms with van der Waals surface area (Å²) < 4.78 is 0. The minimum atomic E-state index is -0.644. The van der Waals surface area contributed by atoms with Crippen LogP contribution in [-0.2, 0) is 29.0 Å². The normalized spacial score (nSPS) is 19.9. The topological polar surface area (TPSA) is 70.5 Å². The molecule has 6 heteroatoms. The van der Waals surface area contributed by atoms with Crippen molar-refractivity contribution in [2.75, 3.05) is 0 Å². The van der Waals surface area contributed by atoms with Crippen molar-refractivity contribution in [3.8, 4) is 0 Å². The molecule has 32 heavy (non-hydrogen) atoms. The van der Waals surface area contributed by atoms with E-state index in [0.717, 1.165) is 29.7 Å². The number of likely N-dealkylation sites (tertiary alicyclic amines) is 1. The molecule has 5 nitrogen and oxygen atoms in total. The molecule has 162 valence electrons. The maximum Gasteiger partial charge on any atom is 0.296 e. The number of benzene rings is 1. The lowest BCUT2D eigenvalue weighted by Gasteiger charge is -2.24. The van der Waals surface area contributed by atoms with Gasteiger partial charge in [-0.25, -0.2) is 0 Å². The van der Waals surface area contributed by atoms with Crippen LogP contribution in [0.2, 0.25) is 0 Å². The van der Waals surface area contributed by atoms with Crippen LogP contribution in [0.1, 0.15) is 51.7 Å². The third kappa shape index (κ3) is 3.54. The first-order valence-electron chi connectivity index (χ1n) is 10.9. The number of Topliss-reactive ketones (excluding diaryl/α,β-unsaturated/α-hetero) is 1. The molecule has 1 fully saturated rings. The van der Waals surface area contributed by atoms with Gasteiger partial charge in [0.2, 0.25) is 0 Å². The van der Waals surface area contributed by atoms with Crippen molar-refractivity contribution in [2.45, 2.75) is 45.2 Å². The predicted molar refractivity (Wildman–Crippen MR) is 124 cm³/mol. The third-order valence-corrected chi connectivity index (χ3v) is 7.44. The molecule has 1 aliphatic heterocycles. The van der Waals surface area contributed by atoms with Gasteiger partial charge in [-0.2, -0.15) is 0 Å². The SMILES string of the molecule is Cc1ccsc1C1/C(=C(/O)c2ccc3c(c2)CCCC3)C(=O)C(=O)N1Cc1ccccn1. The summed E-state index contributed by atoms with van der Waals surface area (Å²) >= 11 is 1.49. The highest BCUT2D eigenvalue weighted by Gasteiger charge is 2.47. The van der Waals surface area contributed by atoms with Crippen LogP contribution in [0.3, 0.4) is 0 Å². The number of aryl methyl sites for hydroxylation is 3. The highest BCUT2D eigenvalue weighted by molar-refractivity contribution is 7.10. The lowest BCUT2D eigenvalue weighted by Crippen LogP contribution is -2.29. The van der Waals surface area contributed by atoms with Crippen LogP contribution in [0.15, 0.2) is 59.6 Å². The summed E-state index contributed by atoms with van der Waals surface area (Å²) in [6, 6.07) is 12.7. The Labute approximate surface area is 191 Å². The molecule has 1 N–H and O–H groups in total. The average molecular weight is 445 g/mol. The molecule has 1 saturated heterocycles. The maximum atomic E-state index is 13.2. The Bertz CT molecular complexity index is 1230. The number of hydrogen-bond donors (Lipinski definition) is 1. The Balaban J connectivity index is 1.63. The minimum absolute atomic E-state index is 0.0990. The van der Waals surface area contributed by atoms with E-state index in [4.69, 9.17) is 0 Å². The van der Waals surface area contributed by atoms with Crippen molar-refractivity contribution in [3.05, 3.63) is 92.4 Å². The number of ketones is 1. The number of fused-ring (bicyclic) bond motifs is 1. The van der Waals surface area contributed by atoms with E-state index in [2.05, 4.69) is 4.98 Å². The molecule has 3 heterocycles. The minimum Gasteiger partial charge on any atom is -0.507 e. The van der Waals surface area contributed by atoms with Gasteiger partial charge in [0.15, 0.2) is 0 Å². The standard InChI is InChI=1S/C26H24N2O3S/c1-16-11-13-32-25(16)22-21(23(29)19-10-9-17-6-2-3-7-18(17)14-19)24(30)26(31)28(22)15-20-8-4-5-12-27-20/h4-5,8-14,22,29H,2-3,6-7,15H2,1H3/b23-21-. The zero-order valence-corrected chi connectivity index (χ0v) is 18.7. The van der Waals surface area contributed by atoms with Gasteiger partial charge in [-0.15, -0.1) is 11.3 Å². The molecule has 1 aliphatic carbocycles. The molecule has 0 saturated carbocycles. The number of amides is 1. The van der Waals surface area contributed by atoms with E-state index in [0.29, 0.717) is 11.3 Å². The molecule has 0 bridgehead atoms.